The lowest BCUT2D eigenvalue weighted by Gasteiger charge is -2.25. The van der Waals surface area contributed by atoms with Crippen molar-refractivity contribution in [2.24, 2.45) is 0 Å². The summed E-state index contributed by atoms with van der Waals surface area (Å²) in [5, 5.41) is 6.64. The highest BCUT2D eigenvalue weighted by atomic mass is 15.3. The third kappa shape index (κ3) is 2.45. The third-order valence-corrected chi connectivity index (χ3v) is 2.66. The number of nitrogens with zero attached hydrogens (tertiary/aromatic N) is 3. The van der Waals surface area contributed by atoms with Crippen LogP contribution in [0, 0.1) is 0 Å². The molecule has 0 aromatic carbocycles. The fourth-order valence-electron chi connectivity index (χ4n) is 1.87. The summed E-state index contributed by atoms with van der Waals surface area (Å²) in [4.78, 5) is 6.55. The Kier molecular flexibility index (Phi) is 2.98. The molecule has 0 amide bonds. The number of piperidine rings is 1. The van der Waals surface area contributed by atoms with Gasteiger partial charge < -0.3 is 10.6 Å². The predicted molar refractivity (Wildman–Crippen MR) is 54.8 cm³/mol. The largest absolute Gasteiger partial charge is 0.367 e. The summed E-state index contributed by atoms with van der Waals surface area (Å²) in [5.41, 5.74) is 5.42. The van der Waals surface area contributed by atoms with Gasteiger partial charge in [-0.2, -0.15) is 4.98 Å². The number of nitrogens with one attached hydrogen (secondary N) is 1. The first kappa shape index (κ1) is 9.45. The van der Waals surface area contributed by atoms with Crippen LogP contribution in [0.25, 0.3) is 0 Å². The quantitative estimate of drug-likeness (QED) is 0.733. The number of hydrogen-bond donors (Lipinski definition) is 2. The fourth-order valence-corrected chi connectivity index (χ4v) is 1.87. The molecule has 0 bridgehead atoms. The van der Waals surface area contributed by atoms with E-state index in [1.165, 1.54) is 32.4 Å². The lowest BCUT2D eigenvalue weighted by atomic mass is 10.1. The number of nitrogens with two attached hydrogens (primary N) is 1. The molecule has 3 N–H and O–H groups in total. The van der Waals surface area contributed by atoms with Crippen LogP contribution in [0.4, 0.5) is 5.95 Å². The van der Waals surface area contributed by atoms with E-state index in [2.05, 4.69) is 20.1 Å². The Morgan fingerprint density at radius 1 is 1.29 bits per heavy atom. The van der Waals surface area contributed by atoms with Gasteiger partial charge in [-0.25, -0.2) is 0 Å². The van der Waals surface area contributed by atoms with E-state index in [1.54, 1.807) is 0 Å². The van der Waals surface area contributed by atoms with Crippen molar-refractivity contribution >= 4 is 5.95 Å². The van der Waals surface area contributed by atoms with Gasteiger partial charge in [0.05, 0.1) is 0 Å². The molecule has 1 aromatic rings. The topological polar surface area (TPSA) is 70.8 Å². The van der Waals surface area contributed by atoms with Crippen molar-refractivity contribution in [1.29, 1.82) is 0 Å². The number of aromatic nitrogens is 3. The number of likely N-dealkylation sites (tertiary alicyclic amines) is 1. The molecule has 78 valence electrons. The lowest BCUT2D eigenvalue weighted by Crippen LogP contribution is -2.31. The first-order chi connectivity index (χ1) is 6.84. The second-order valence-corrected chi connectivity index (χ2v) is 3.79. The smallest absolute Gasteiger partial charge is 0.239 e. The maximum atomic E-state index is 5.42. The molecule has 5 heteroatoms. The van der Waals surface area contributed by atoms with Crippen LogP contribution in [0.2, 0.25) is 0 Å². The van der Waals surface area contributed by atoms with Crippen LogP contribution in [0.3, 0.4) is 0 Å². The maximum absolute atomic E-state index is 5.42. The summed E-state index contributed by atoms with van der Waals surface area (Å²) in [6.07, 6.45) is 4.97. The SMILES string of the molecule is Nc1n[nH]c(CCN2CCCCC2)n1. The molecule has 1 fully saturated rings. The van der Waals surface area contributed by atoms with Gasteiger partial charge >= 0.3 is 0 Å². The van der Waals surface area contributed by atoms with Gasteiger partial charge in [-0.15, -0.1) is 5.10 Å². The van der Waals surface area contributed by atoms with Gasteiger partial charge in [0.2, 0.25) is 5.95 Å². The average molecular weight is 195 g/mol. The fraction of sp³-hybridized carbons (Fsp3) is 0.778. The summed E-state index contributed by atoms with van der Waals surface area (Å²) in [6, 6.07) is 0. The van der Waals surface area contributed by atoms with E-state index >= 15 is 0 Å². The van der Waals surface area contributed by atoms with E-state index in [4.69, 9.17) is 5.73 Å². The zero-order chi connectivity index (χ0) is 9.80. The molecule has 0 atom stereocenters. The van der Waals surface area contributed by atoms with Gasteiger partial charge in [-0.1, -0.05) is 6.42 Å². The van der Waals surface area contributed by atoms with Crippen molar-refractivity contribution in [1.82, 2.24) is 20.1 Å². The van der Waals surface area contributed by atoms with Crippen LogP contribution in [-0.4, -0.2) is 39.7 Å². The van der Waals surface area contributed by atoms with E-state index in [0.29, 0.717) is 5.95 Å². The van der Waals surface area contributed by atoms with Crippen molar-refractivity contribution in [2.75, 3.05) is 25.4 Å². The van der Waals surface area contributed by atoms with Crippen LogP contribution < -0.4 is 5.73 Å². The van der Waals surface area contributed by atoms with Gasteiger partial charge in [0, 0.05) is 13.0 Å². The normalized spacial score (nSPS) is 18.6. The van der Waals surface area contributed by atoms with Gasteiger partial charge in [-0.3, -0.25) is 5.10 Å². The molecular weight excluding hydrogens is 178 g/mol. The zero-order valence-electron chi connectivity index (χ0n) is 8.37. The van der Waals surface area contributed by atoms with Crippen LogP contribution >= 0.6 is 0 Å². The van der Waals surface area contributed by atoms with Gasteiger partial charge in [0.25, 0.3) is 0 Å². The minimum atomic E-state index is 0.346. The number of rotatable bonds is 3. The molecule has 0 saturated carbocycles. The standard InChI is InChI=1S/C9H17N5/c10-9-11-8(12-13-9)4-7-14-5-2-1-3-6-14/h1-7H2,(H3,10,11,12,13). The third-order valence-electron chi connectivity index (χ3n) is 2.66. The Balaban J connectivity index is 1.76. The first-order valence-electron chi connectivity index (χ1n) is 5.24. The molecule has 0 spiro atoms. The molecular formula is C9H17N5. The van der Waals surface area contributed by atoms with Crippen LogP contribution in [0.15, 0.2) is 0 Å². The Hall–Kier alpha value is -1.10. The molecule has 2 rings (SSSR count). The number of aromatic amines is 1. The number of anilines is 1. The minimum absolute atomic E-state index is 0.346. The number of hydrogen-bond acceptors (Lipinski definition) is 4. The predicted octanol–water partition coefficient (Wildman–Crippen LogP) is 0.415. The van der Waals surface area contributed by atoms with Crippen molar-refractivity contribution in [3.05, 3.63) is 5.82 Å². The van der Waals surface area contributed by atoms with Gasteiger partial charge in [-0.05, 0) is 25.9 Å². The van der Waals surface area contributed by atoms with E-state index in [1.807, 2.05) is 0 Å². The molecule has 1 aliphatic rings. The molecule has 1 aromatic heterocycles. The lowest BCUT2D eigenvalue weighted by molar-refractivity contribution is 0.230. The first-order valence-corrected chi connectivity index (χ1v) is 5.24. The monoisotopic (exact) mass is 195 g/mol. The molecule has 14 heavy (non-hydrogen) atoms. The Bertz CT molecular complexity index is 276. The summed E-state index contributed by atoms with van der Waals surface area (Å²) in [7, 11) is 0. The second kappa shape index (κ2) is 4.41. The summed E-state index contributed by atoms with van der Waals surface area (Å²) >= 11 is 0. The van der Waals surface area contributed by atoms with E-state index in [0.717, 1.165) is 18.8 Å². The Labute approximate surface area is 83.7 Å². The molecule has 0 unspecified atom stereocenters. The molecule has 2 heterocycles. The van der Waals surface area contributed by atoms with E-state index in [9.17, 15) is 0 Å². The molecule has 1 aliphatic heterocycles. The average Bonchev–Trinajstić information content (AvgIpc) is 2.63. The summed E-state index contributed by atoms with van der Waals surface area (Å²) in [6.45, 7) is 3.52. The highest BCUT2D eigenvalue weighted by Gasteiger charge is 2.10. The van der Waals surface area contributed by atoms with Crippen LogP contribution in [0.1, 0.15) is 25.1 Å². The highest BCUT2D eigenvalue weighted by molar-refractivity contribution is 5.12. The van der Waals surface area contributed by atoms with E-state index in [-0.39, 0.29) is 0 Å². The summed E-state index contributed by atoms with van der Waals surface area (Å²) in [5.74, 6) is 1.24. The van der Waals surface area contributed by atoms with Crippen molar-refractivity contribution in [2.45, 2.75) is 25.7 Å². The summed E-state index contributed by atoms with van der Waals surface area (Å²) < 4.78 is 0. The highest BCUT2D eigenvalue weighted by Crippen LogP contribution is 2.08. The maximum Gasteiger partial charge on any atom is 0.239 e. The molecule has 1 saturated heterocycles. The Morgan fingerprint density at radius 3 is 2.71 bits per heavy atom. The van der Waals surface area contributed by atoms with E-state index < -0.39 is 0 Å². The molecule has 0 aliphatic carbocycles. The van der Waals surface area contributed by atoms with Gasteiger partial charge in [0.1, 0.15) is 5.82 Å². The molecule has 5 nitrogen and oxygen atoms in total. The van der Waals surface area contributed by atoms with Gasteiger partial charge in [0.15, 0.2) is 0 Å². The van der Waals surface area contributed by atoms with Crippen LogP contribution in [-0.2, 0) is 6.42 Å². The zero-order valence-corrected chi connectivity index (χ0v) is 8.37. The minimum Gasteiger partial charge on any atom is -0.367 e. The van der Waals surface area contributed by atoms with Crippen molar-refractivity contribution in [3.8, 4) is 0 Å². The van der Waals surface area contributed by atoms with Crippen molar-refractivity contribution < 1.29 is 0 Å². The van der Waals surface area contributed by atoms with Crippen molar-refractivity contribution in [3.63, 3.8) is 0 Å². The molecule has 0 radical (unpaired) electrons. The number of H-pyrrole nitrogens is 1. The van der Waals surface area contributed by atoms with Crippen LogP contribution in [0.5, 0.6) is 0 Å². The number of nitrogen functional groups attached to an aromatic ring is 1. The second-order valence-electron chi connectivity index (χ2n) is 3.79. The Morgan fingerprint density at radius 2 is 2.07 bits per heavy atom.